The summed E-state index contributed by atoms with van der Waals surface area (Å²) in [6.45, 7) is 6.20. The Bertz CT molecular complexity index is 1110. The van der Waals surface area contributed by atoms with Gasteiger partial charge < -0.3 is 10.2 Å². The Balaban J connectivity index is 1.77. The molecule has 0 radical (unpaired) electrons. The summed E-state index contributed by atoms with van der Waals surface area (Å²) in [5.41, 5.74) is 4.27. The molecular weight excluding hydrogens is 468 g/mol. The summed E-state index contributed by atoms with van der Waals surface area (Å²) in [5.74, 6) is -0.706. The molecule has 0 aliphatic carbocycles. The number of halogens is 1. The normalized spacial score (nSPS) is 13.3. The lowest BCUT2D eigenvalue weighted by Gasteiger charge is -2.18. The topological polar surface area (TPSA) is 83.6 Å². The van der Waals surface area contributed by atoms with Crippen molar-refractivity contribution < 1.29 is 18.0 Å². The number of anilines is 2. The second-order valence-corrected chi connectivity index (χ2v) is 10.4. The number of amides is 2. The third-order valence-electron chi connectivity index (χ3n) is 5.44. The van der Waals surface area contributed by atoms with Crippen LogP contribution in [-0.4, -0.2) is 32.5 Å². The molecule has 0 saturated carbocycles. The Morgan fingerprint density at radius 2 is 1.93 bits per heavy atom. The van der Waals surface area contributed by atoms with Gasteiger partial charge in [0.1, 0.15) is 0 Å². The van der Waals surface area contributed by atoms with Gasteiger partial charge in [0.05, 0.1) is 10.6 Å². The molecule has 1 heterocycles. The molecule has 2 aromatic rings. The first-order valence-electron chi connectivity index (χ1n) is 9.85. The van der Waals surface area contributed by atoms with E-state index in [1.54, 1.807) is 30.0 Å². The van der Waals surface area contributed by atoms with Gasteiger partial charge in [-0.3, -0.25) is 9.59 Å². The summed E-state index contributed by atoms with van der Waals surface area (Å²) in [4.78, 5) is 26.3. The summed E-state index contributed by atoms with van der Waals surface area (Å²) in [6.07, 6.45) is 0.894. The van der Waals surface area contributed by atoms with E-state index in [0.717, 1.165) is 16.7 Å². The highest BCUT2D eigenvalue weighted by molar-refractivity contribution is 9.10. The van der Waals surface area contributed by atoms with Crippen LogP contribution in [0.1, 0.15) is 36.5 Å². The number of carbonyl (C=O) groups is 2. The Labute approximate surface area is 185 Å². The van der Waals surface area contributed by atoms with Crippen LogP contribution in [0, 0.1) is 13.8 Å². The molecular formula is C22H25BrN2O4S. The second-order valence-electron chi connectivity index (χ2n) is 7.42. The van der Waals surface area contributed by atoms with Crippen molar-refractivity contribution in [1.29, 1.82) is 0 Å². The lowest BCUT2D eigenvalue weighted by atomic mass is 10.1. The maximum absolute atomic E-state index is 13.0. The van der Waals surface area contributed by atoms with Crippen molar-refractivity contribution in [3.63, 3.8) is 0 Å². The van der Waals surface area contributed by atoms with E-state index in [2.05, 4.69) is 21.2 Å². The van der Waals surface area contributed by atoms with Crippen LogP contribution in [0.15, 0.2) is 39.7 Å². The average Bonchev–Trinajstić information content (AvgIpc) is 3.11. The van der Waals surface area contributed by atoms with Crippen LogP contribution in [0.2, 0.25) is 0 Å². The molecule has 1 aliphatic rings. The van der Waals surface area contributed by atoms with Gasteiger partial charge in [0.15, 0.2) is 9.84 Å². The molecule has 0 bridgehead atoms. The van der Waals surface area contributed by atoms with E-state index in [1.165, 1.54) is 0 Å². The molecule has 1 N–H and O–H groups in total. The minimum atomic E-state index is -3.72. The lowest BCUT2D eigenvalue weighted by molar-refractivity contribution is -0.118. The predicted octanol–water partition coefficient (Wildman–Crippen LogP) is 4.17. The van der Waals surface area contributed by atoms with Gasteiger partial charge in [-0.25, -0.2) is 8.42 Å². The van der Waals surface area contributed by atoms with Gasteiger partial charge in [0, 0.05) is 35.2 Å². The SMILES string of the molecule is CCC(=O)N1CCc2cc(Br)c(S(=O)(=O)CCC(=O)Nc3cccc(C)c3C)cc21. The highest BCUT2D eigenvalue weighted by atomic mass is 79.9. The zero-order chi connectivity index (χ0) is 22.1. The van der Waals surface area contributed by atoms with Crippen LogP contribution in [0.25, 0.3) is 0 Å². The smallest absolute Gasteiger partial charge is 0.226 e. The van der Waals surface area contributed by atoms with Gasteiger partial charge in [0.2, 0.25) is 11.8 Å². The maximum atomic E-state index is 13.0. The molecule has 3 rings (SSSR count). The first-order chi connectivity index (χ1) is 14.1. The van der Waals surface area contributed by atoms with Crippen molar-refractivity contribution in [2.45, 2.75) is 44.9 Å². The molecule has 30 heavy (non-hydrogen) atoms. The third kappa shape index (κ3) is 4.59. The van der Waals surface area contributed by atoms with E-state index in [-0.39, 0.29) is 28.9 Å². The number of nitrogens with one attached hydrogen (secondary N) is 1. The van der Waals surface area contributed by atoms with Crippen LogP contribution in [0.5, 0.6) is 0 Å². The van der Waals surface area contributed by atoms with E-state index in [0.29, 0.717) is 35.2 Å². The van der Waals surface area contributed by atoms with Gasteiger partial charge in [-0.2, -0.15) is 0 Å². The Hall–Kier alpha value is -2.19. The molecule has 0 unspecified atom stereocenters. The maximum Gasteiger partial charge on any atom is 0.226 e. The zero-order valence-corrected chi connectivity index (χ0v) is 19.7. The fourth-order valence-corrected chi connectivity index (χ4v) is 5.96. The van der Waals surface area contributed by atoms with E-state index in [9.17, 15) is 18.0 Å². The first kappa shape index (κ1) is 22.5. The third-order valence-corrected chi connectivity index (χ3v) is 8.11. The predicted molar refractivity (Wildman–Crippen MR) is 122 cm³/mol. The highest BCUT2D eigenvalue weighted by Gasteiger charge is 2.28. The molecule has 160 valence electrons. The standard InChI is InChI=1S/C22H25BrN2O4S/c1-4-22(27)25-10-8-16-12-17(23)20(13-19(16)25)30(28,29)11-9-21(26)24-18-7-5-6-14(2)15(18)3/h5-7,12-13H,4,8-11H2,1-3H3,(H,24,26). The monoisotopic (exact) mass is 492 g/mol. The van der Waals surface area contributed by atoms with Gasteiger partial charge in [-0.1, -0.05) is 19.1 Å². The van der Waals surface area contributed by atoms with Gasteiger partial charge in [0.25, 0.3) is 0 Å². The van der Waals surface area contributed by atoms with Crippen molar-refractivity contribution in [2.75, 3.05) is 22.5 Å². The van der Waals surface area contributed by atoms with Crippen molar-refractivity contribution in [2.24, 2.45) is 0 Å². The van der Waals surface area contributed by atoms with Crippen molar-refractivity contribution in [3.8, 4) is 0 Å². The molecule has 2 amide bonds. The fourth-order valence-electron chi connectivity index (χ4n) is 3.51. The van der Waals surface area contributed by atoms with E-state index in [4.69, 9.17) is 0 Å². The Morgan fingerprint density at radius 3 is 2.63 bits per heavy atom. The number of rotatable bonds is 6. The van der Waals surface area contributed by atoms with E-state index in [1.807, 2.05) is 26.0 Å². The molecule has 2 aromatic carbocycles. The molecule has 0 fully saturated rings. The number of fused-ring (bicyclic) bond motifs is 1. The number of benzene rings is 2. The summed E-state index contributed by atoms with van der Waals surface area (Å²) < 4.78 is 26.4. The van der Waals surface area contributed by atoms with Crippen LogP contribution < -0.4 is 10.2 Å². The number of carbonyl (C=O) groups excluding carboxylic acids is 2. The summed E-state index contributed by atoms with van der Waals surface area (Å²) in [7, 11) is -3.72. The number of hydrogen-bond acceptors (Lipinski definition) is 4. The number of hydrogen-bond donors (Lipinski definition) is 1. The first-order valence-corrected chi connectivity index (χ1v) is 12.3. The van der Waals surface area contributed by atoms with E-state index >= 15 is 0 Å². The summed E-state index contributed by atoms with van der Waals surface area (Å²) >= 11 is 3.35. The summed E-state index contributed by atoms with van der Waals surface area (Å²) in [5, 5.41) is 2.79. The molecule has 0 saturated heterocycles. The zero-order valence-electron chi connectivity index (χ0n) is 17.3. The lowest BCUT2D eigenvalue weighted by Crippen LogP contribution is -2.28. The highest BCUT2D eigenvalue weighted by Crippen LogP contribution is 2.36. The van der Waals surface area contributed by atoms with Crippen LogP contribution >= 0.6 is 15.9 Å². The fraction of sp³-hybridized carbons (Fsp3) is 0.364. The largest absolute Gasteiger partial charge is 0.326 e. The summed E-state index contributed by atoms with van der Waals surface area (Å²) in [6, 6.07) is 8.91. The van der Waals surface area contributed by atoms with Crippen molar-refractivity contribution in [1.82, 2.24) is 0 Å². The Morgan fingerprint density at radius 1 is 1.20 bits per heavy atom. The minimum absolute atomic E-state index is 0.0349. The Kier molecular flexibility index (Phi) is 6.67. The quantitative estimate of drug-likeness (QED) is 0.655. The van der Waals surface area contributed by atoms with E-state index < -0.39 is 9.84 Å². The number of sulfone groups is 1. The molecule has 0 atom stereocenters. The van der Waals surface area contributed by atoms with Gasteiger partial charge >= 0.3 is 0 Å². The van der Waals surface area contributed by atoms with Crippen LogP contribution in [0.3, 0.4) is 0 Å². The van der Waals surface area contributed by atoms with Crippen LogP contribution in [0.4, 0.5) is 11.4 Å². The number of aryl methyl sites for hydroxylation is 1. The van der Waals surface area contributed by atoms with Gasteiger partial charge in [-0.15, -0.1) is 0 Å². The molecule has 1 aliphatic heterocycles. The van der Waals surface area contributed by atoms with Crippen molar-refractivity contribution >= 4 is 49.0 Å². The van der Waals surface area contributed by atoms with Gasteiger partial charge in [-0.05, 0) is 71.1 Å². The minimum Gasteiger partial charge on any atom is -0.326 e. The van der Waals surface area contributed by atoms with Crippen LogP contribution in [-0.2, 0) is 25.8 Å². The number of nitrogens with zero attached hydrogens (tertiary/aromatic N) is 1. The average molecular weight is 493 g/mol. The second kappa shape index (κ2) is 8.89. The van der Waals surface area contributed by atoms with Crippen molar-refractivity contribution in [3.05, 3.63) is 51.5 Å². The molecule has 8 heteroatoms. The molecule has 0 spiro atoms. The molecule has 6 nitrogen and oxygen atoms in total. The molecule has 0 aromatic heterocycles.